The number of phenols is 2. The molecule has 1 saturated heterocycles. The van der Waals surface area contributed by atoms with Gasteiger partial charge in [-0.1, -0.05) is 58.4 Å². The van der Waals surface area contributed by atoms with Crippen molar-refractivity contribution in [2.45, 2.75) is 72.1 Å². The number of hydrogen-bond donors (Lipinski definition) is 4. The Labute approximate surface area is 395 Å². The summed E-state index contributed by atoms with van der Waals surface area (Å²) in [5.74, 6) is 1.52. The van der Waals surface area contributed by atoms with Gasteiger partial charge in [0.2, 0.25) is 11.8 Å². The van der Waals surface area contributed by atoms with Gasteiger partial charge in [0.15, 0.2) is 11.5 Å². The predicted molar refractivity (Wildman–Crippen MR) is 256 cm³/mol. The van der Waals surface area contributed by atoms with E-state index in [0.717, 1.165) is 32.5 Å². The summed E-state index contributed by atoms with van der Waals surface area (Å²) >= 11 is 7.53. The number of amides is 2. The lowest BCUT2D eigenvalue weighted by Crippen LogP contribution is -2.57. The van der Waals surface area contributed by atoms with Crippen molar-refractivity contribution >= 4 is 50.6 Å². The molecule has 1 aromatic heterocycles. The fourth-order valence-corrected chi connectivity index (χ4v) is 9.03. The molecule has 1 aliphatic heterocycles. The Morgan fingerprint density at radius 2 is 1.42 bits per heavy atom. The monoisotopic (exact) mass is 944 g/mol. The van der Waals surface area contributed by atoms with E-state index in [1.807, 2.05) is 94.4 Å². The molecule has 6 rings (SSSR count). The summed E-state index contributed by atoms with van der Waals surface area (Å²) in [4.78, 5) is 42.9. The van der Waals surface area contributed by atoms with Crippen molar-refractivity contribution in [3.05, 3.63) is 102 Å². The standard InChI is InChI=1S/C51H61ClN2O11S/c1-32(26-34-6-10-36(52)11-7-34)33(2)27-44(58)43-28-39(57)30-54(43)50(60)49(51(3,4)5)53-46(59)31-63-23-22-61-20-21-62-24-25-64-40-15-17-41(18-16-40)65-47-42-19-14-38(56)29-45(42)66-48(47)35-8-12-37(55)13-9-35/h6-19,29,32-33,39,43,49,55-57H,20-28,30-31H2,1-5H3,(H,53,59). The summed E-state index contributed by atoms with van der Waals surface area (Å²) in [7, 11) is 0. The highest BCUT2D eigenvalue weighted by molar-refractivity contribution is 7.22. The number of nitrogens with one attached hydrogen (secondary N) is 1. The van der Waals surface area contributed by atoms with Crippen molar-refractivity contribution < 1.29 is 53.4 Å². The number of phenolic OH excluding ortho intramolecular Hbond substituents is 2. The number of carbonyl (C=O) groups is 3. The minimum absolute atomic E-state index is 0.0236. The van der Waals surface area contributed by atoms with E-state index in [0.29, 0.717) is 48.7 Å². The number of ketones is 1. The largest absolute Gasteiger partial charge is 0.508 e. The number of rotatable bonds is 23. The Kier molecular flexibility index (Phi) is 17.9. The normalized spacial score (nSPS) is 16.5. The highest BCUT2D eigenvalue weighted by Gasteiger charge is 2.44. The second kappa shape index (κ2) is 23.5. The minimum atomic E-state index is -0.942. The van der Waals surface area contributed by atoms with Crippen LogP contribution in [0, 0.1) is 17.3 Å². The van der Waals surface area contributed by atoms with Crippen LogP contribution in [0.4, 0.5) is 0 Å². The van der Waals surface area contributed by atoms with Gasteiger partial charge in [-0.15, -0.1) is 11.3 Å². The average molecular weight is 946 g/mol. The zero-order chi connectivity index (χ0) is 47.4. The number of thiophene rings is 1. The second-order valence-electron chi connectivity index (χ2n) is 17.9. The Hall–Kier alpha value is -5.22. The number of aliphatic hydroxyl groups excluding tert-OH is 1. The number of ether oxygens (including phenoxy) is 5. The van der Waals surface area contributed by atoms with E-state index >= 15 is 0 Å². The summed E-state index contributed by atoms with van der Waals surface area (Å²) in [5.41, 5.74) is 1.33. The molecule has 0 spiro atoms. The maximum Gasteiger partial charge on any atom is 0.246 e. The number of likely N-dealkylation sites (tertiary alicyclic amines) is 1. The van der Waals surface area contributed by atoms with Gasteiger partial charge in [-0.2, -0.15) is 0 Å². The molecule has 0 radical (unpaired) electrons. The zero-order valence-corrected chi connectivity index (χ0v) is 39.7. The van der Waals surface area contributed by atoms with Crippen LogP contribution in [-0.4, -0.2) is 109 Å². The first-order valence-corrected chi connectivity index (χ1v) is 23.5. The van der Waals surface area contributed by atoms with E-state index in [2.05, 4.69) is 12.2 Å². The van der Waals surface area contributed by atoms with Crippen molar-refractivity contribution in [3.8, 4) is 39.2 Å². The van der Waals surface area contributed by atoms with Crippen LogP contribution in [0.5, 0.6) is 28.7 Å². The third kappa shape index (κ3) is 14.1. The number of halogens is 1. The van der Waals surface area contributed by atoms with Crippen LogP contribution in [0.25, 0.3) is 20.5 Å². The molecule has 15 heteroatoms. The molecule has 1 aliphatic rings. The lowest BCUT2D eigenvalue weighted by atomic mass is 9.84. The summed E-state index contributed by atoms with van der Waals surface area (Å²) in [5, 5.41) is 34.8. The van der Waals surface area contributed by atoms with Crippen LogP contribution < -0.4 is 14.8 Å². The third-order valence-corrected chi connectivity index (χ3v) is 13.0. The van der Waals surface area contributed by atoms with E-state index in [9.17, 15) is 29.7 Å². The van der Waals surface area contributed by atoms with Crippen molar-refractivity contribution in [3.63, 3.8) is 0 Å². The minimum Gasteiger partial charge on any atom is -0.508 e. The fourth-order valence-electron chi connectivity index (χ4n) is 7.74. The predicted octanol–water partition coefficient (Wildman–Crippen LogP) is 8.82. The summed E-state index contributed by atoms with van der Waals surface area (Å²) in [6.07, 6.45) is 0.380. The Morgan fingerprint density at radius 1 is 0.803 bits per heavy atom. The number of benzene rings is 4. The molecule has 2 heterocycles. The molecule has 1 fully saturated rings. The van der Waals surface area contributed by atoms with Crippen LogP contribution >= 0.6 is 22.9 Å². The first kappa shape index (κ1) is 50.2. The average Bonchev–Trinajstić information content (AvgIpc) is 3.85. The lowest BCUT2D eigenvalue weighted by molar-refractivity contribution is -0.144. The maximum absolute atomic E-state index is 14.0. The molecule has 5 atom stereocenters. The third-order valence-electron chi connectivity index (χ3n) is 11.6. The summed E-state index contributed by atoms with van der Waals surface area (Å²) in [6, 6.07) is 25.3. The first-order chi connectivity index (χ1) is 31.5. The van der Waals surface area contributed by atoms with Crippen LogP contribution in [-0.2, 0) is 35.0 Å². The molecule has 0 saturated carbocycles. The molecule has 0 bridgehead atoms. The number of β-amino-alcohol motifs (C(OH)–C–C–N with tert-alkyl or cyclic N) is 1. The molecule has 13 nitrogen and oxygen atoms in total. The number of aromatic hydroxyl groups is 2. The number of hydrogen-bond acceptors (Lipinski definition) is 12. The van der Waals surface area contributed by atoms with Crippen LogP contribution in [0.15, 0.2) is 91.0 Å². The molecule has 354 valence electrons. The summed E-state index contributed by atoms with van der Waals surface area (Å²) < 4.78 is 29.8. The van der Waals surface area contributed by atoms with Gasteiger partial charge in [0, 0.05) is 34.5 Å². The van der Waals surface area contributed by atoms with Crippen LogP contribution in [0.2, 0.25) is 5.02 Å². The van der Waals surface area contributed by atoms with E-state index in [1.54, 1.807) is 24.3 Å². The van der Waals surface area contributed by atoms with Crippen LogP contribution in [0.1, 0.15) is 53.0 Å². The molecule has 5 unspecified atom stereocenters. The smallest absolute Gasteiger partial charge is 0.246 e. The fraction of sp³-hybridized carbons (Fsp3) is 0.431. The molecule has 2 amide bonds. The zero-order valence-electron chi connectivity index (χ0n) is 38.2. The molecule has 66 heavy (non-hydrogen) atoms. The van der Waals surface area contributed by atoms with Crippen molar-refractivity contribution in [2.24, 2.45) is 17.3 Å². The number of fused-ring (bicyclic) bond motifs is 1. The molecule has 4 aromatic carbocycles. The van der Waals surface area contributed by atoms with Gasteiger partial charge in [-0.25, -0.2) is 0 Å². The number of Topliss-reactive ketones (excluding diaryl/α,β-unsaturated/α-hetero) is 1. The van der Waals surface area contributed by atoms with Gasteiger partial charge >= 0.3 is 0 Å². The van der Waals surface area contributed by atoms with Crippen molar-refractivity contribution in [1.82, 2.24) is 10.2 Å². The van der Waals surface area contributed by atoms with Crippen LogP contribution in [0.3, 0.4) is 0 Å². The highest BCUT2D eigenvalue weighted by Crippen LogP contribution is 2.47. The SMILES string of the molecule is CC(CC(=O)C1CC(O)CN1C(=O)C(NC(=O)COCCOCCOCCOc1ccc(Oc2c(-c3ccc(O)cc3)sc3cc(O)ccc23)cc1)C(C)(C)C)C(C)Cc1ccc(Cl)cc1. The first-order valence-electron chi connectivity index (χ1n) is 22.3. The van der Waals surface area contributed by atoms with E-state index < -0.39 is 35.4 Å². The van der Waals surface area contributed by atoms with E-state index in [-0.39, 0.29) is 68.3 Å². The molecular weight excluding hydrogens is 884 g/mol. The Balaban J connectivity index is 0.857. The number of carbonyl (C=O) groups excluding carboxylic acids is 3. The second-order valence-corrected chi connectivity index (χ2v) is 19.4. The van der Waals surface area contributed by atoms with E-state index in [1.165, 1.54) is 16.2 Å². The Morgan fingerprint density at radius 3 is 2.09 bits per heavy atom. The lowest BCUT2D eigenvalue weighted by Gasteiger charge is -2.35. The highest BCUT2D eigenvalue weighted by atomic mass is 35.5. The van der Waals surface area contributed by atoms with Gasteiger partial charge in [0.25, 0.3) is 0 Å². The van der Waals surface area contributed by atoms with Gasteiger partial charge in [0.05, 0.1) is 50.1 Å². The Bertz CT molecular complexity index is 2370. The van der Waals surface area contributed by atoms with Crippen molar-refractivity contribution in [2.75, 3.05) is 52.8 Å². The van der Waals surface area contributed by atoms with Crippen molar-refractivity contribution in [1.29, 1.82) is 0 Å². The van der Waals surface area contributed by atoms with Gasteiger partial charge in [-0.05, 0) is 114 Å². The van der Waals surface area contributed by atoms with Gasteiger partial charge in [-0.3, -0.25) is 14.4 Å². The molecule has 4 N–H and O–H groups in total. The van der Waals surface area contributed by atoms with Gasteiger partial charge < -0.3 is 49.2 Å². The molecule has 5 aromatic rings. The number of nitrogens with zero attached hydrogens (tertiary/aromatic N) is 1. The quantitative estimate of drug-likeness (QED) is 0.0461. The molecular formula is C51H61ClN2O11S. The van der Waals surface area contributed by atoms with E-state index in [4.69, 9.17) is 35.3 Å². The number of aliphatic hydroxyl groups is 1. The summed E-state index contributed by atoms with van der Waals surface area (Å²) in [6.45, 7) is 11.1. The maximum atomic E-state index is 14.0. The molecule has 0 aliphatic carbocycles. The topological polar surface area (TPSA) is 173 Å². The van der Waals surface area contributed by atoms with Gasteiger partial charge in [0.1, 0.15) is 42.3 Å².